The largest absolute Gasteiger partial charge is 0.488 e. The summed E-state index contributed by atoms with van der Waals surface area (Å²) in [4.78, 5) is 24.0. The number of carboxylic acids is 1. The van der Waals surface area contributed by atoms with Crippen molar-refractivity contribution in [3.8, 4) is 16.9 Å². The summed E-state index contributed by atoms with van der Waals surface area (Å²) >= 11 is 6.24. The Hall–Kier alpha value is -3.66. The molecule has 9 nitrogen and oxygen atoms in total. The molecule has 0 saturated heterocycles. The second kappa shape index (κ2) is 10.7. The van der Waals surface area contributed by atoms with Gasteiger partial charge in [-0.1, -0.05) is 23.7 Å². The quantitative estimate of drug-likeness (QED) is 0.275. The zero-order valence-corrected chi connectivity index (χ0v) is 24.0. The third-order valence-corrected chi connectivity index (χ3v) is 7.20. The summed E-state index contributed by atoms with van der Waals surface area (Å²) in [5.41, 5.74) is 5.20. The summed E-state index contributed by atoms with van der Waals surface area (Å²) in [7, 11) is 0. The van der Waals surface area contributed by atoms with Crippen molar-refractivity contribution in [2.45, 2.75) is 52.9 Å². The van der Waals surface area contributed by atoms with E-state index < -0.39 is 17.7 Å². The van der Waals surface area contributed by atoms with Crippen LogP contribution < -0.4 is 9.64 Å². The standard InChI is InChI=1S/C30H33ClN4O5/c1-17-14-22-24(19-6-8-20(31)9-7-19)23(27(28(37)38)40-30(3,4)5)18(2)25-26(22)34(17)10-11-35(25)29-32-15-21(16-33-29)39-13-12-36/h6-9,14-16,27,36H,10-13H2,1-5H3,(H,37,38)/t27-/m0/s1. The number of aliphatic hydroxyl groups excluding tert-OH is 1. The molecule has 0 amide bonds. The Morgan fingerprint density at radius 2 is 1.80 bits per heavy atom. The van der Waals surface area contributed by atoms with Crippen molar-refractivity contribution in [2.24, 2.45) is 0 Å². The molecule has 40 heavy (non-hydrogen) atoms. The molecule has 2 N–H and O–H groups in total. The van der Waals surface area contributed by atoms with Gasteiger partial charge in [-0.05, 0) is 69.5 Å². The monoisotopic (exact) mass is 564 g/mol. The van der Waals surface area contributed by atoms with Crippen LogP contribution in [0.4, 0.5) is 11.6 Å². The minimum absolute atomic E-state index is 0.106. The highest BCUT2D eigenvalue weighted by Gasteiger charge is 2.36. The Morgan fingerprint density at radius 1 is 1.12 bits per heavy atom. The van der Waals surface area contributed by atoms with Crippen LogP contribution in [0.2, 0.25) is 5.02 Å². The van der Waals surface area contributed by atoms with Crippen LogP contribution in [0.25, 0.3) is 22.0 Å². The normalized spacial score (nSPS) is 14.0. The molecule has 1 aliphatic rings. The molecule has 2 aromatic carbocycles. The molecule has 4 aromatic rings. The second-order valence-electron chi connectivity index (χ2n) is 10.9. The number of nitrogens with zero attached hydrogens (tertiary/aromatic N) is 4. The van der Waals surface area contributed by atoms with E-state index in [1.165, 1.54) is 0 Å². The van der Waals surface area contributed by atoms with E-state index in [1.54, 1.807) is 12.4 Å². The first-order valence-electron chi connectivity index (χ1n) is 13.2. The van der Waals surface area contributed by atoms with Gasteiger partial charge in [-0.3, -0.25) is 0 Å². The highest BCUT2D eigenvalue weighted by molar-refractivity contribution is 6.30. The van der Waals surface area contributed by atoms with E-state index >= 15 is 0 Å². The van der Waals surface area contributed by atoms with Gasteiger partial charge in [0.05, 0.1) is 35.8 Å². The number of aryl methyl sites for hydroxylation is 1. The lowest BCUT2D eigenvalue weighted by Gasteiger charge is -2.35. The van der Waals surface area contributed by atoms with E-state index in [2.05, 4.69) is 27.5 Å². The maximum absolute atomic E-state index is 12.8. The maximum atomic E-state index is 12.8. The van der Waals surface area contributed by atoms with Crippen molar-refractivity contribution < 1.29 is 24.5 Å². The van der Waals surface area contributed by atoms with Crippen molar-refractivity contribution in [3.63, 3.8) is 0 Å². The van der Waals surface area contributed by atoms with Crippen LogP contribution in [0.5, 0.6) is 5.75 Å². The van der Waals surface area contributed by atoms with E-state index in [0.29, 0.717) is 35.4 Å². The van der Waals surface area contributed by atoms with Gasteiger partial charge in [0.25, 0.3) is 0 Å². The average molecular weight is 565 g/mol. The number of benzene rings is 2. The van der Waals surface area contributed by atoms with Gasteiger partial charge in [0.1, 0.15) is 6.61 Å². The predicted octanol–water partition coefficient (Wildman–Crippen LogP) is 5.83. The molecule has 3 heterocycles. The Balaban J connectivity index is 1.81. The lowest BCUT2D eigenvalue weighted by atomic mass is 9.87. The maximum Gasteiger partial charge on any atom is 0.337 e. The Kier molecular flexibility index (Phi) is 7.48. The fourth-order valence-corrected chi connectivity index (χ4v) is 5.55. The summed E-state index contributed by atoms with van der Waals surface area (Å²) in [6, 6.07) is 9.57. The van der Waals surface area contributed by atoms with Crippen LogP contribution in [0, 0.1) is 13.8 Å². The van der Waals surface area contributed by atoms with Gasteiger partial charge in [-0.25, -0.2) is 14.8 Å². The Labute approximate surface area is 237 Å². The first-order valence-corrected chi connectivity index (χ1v) is 13.5. The lowest BCUT2D eigenvalue weighted by Crippen LogP contribution is -2.32. The van der Waals surface area contributed by atoms with Crippen molar-refractivity contribution in [1.29, 1.82) is 0 Å². The van der Waals surface area contributed by atoms with Gasteiger partial charge in [0.15, 0.2) is 11.9 Å². The predicted molar refractivity (Wildman–Crippen MR) is 155 cm³/mol. The number of aliphatic hydroxyl groups is 1. The molecule has 5 rings (SSSR count). The molecule has 0 aliphatic carbocycles. The second-order valence-corrected chi connectivity index (χ2v) is 11.3. The number of aromatic nitrogens is 3. The van der Waals surface area contributed by atoms with Crippen molar-refractivity contribution in [3.05, 3.63) is 64.6 Å². The first-order chi connectivity index (χ1) is 19.0. The van der Waals surface area contributed by atoms with Crippen LogP contribution >= 0.6 is 11.6 Å². The summed E-state index contributed by atoms with van der Waals surface area (Å²) in [6.07, 6.45) is 1.93. The van der Waals surface area contributed by atoms with Crippen LogP contribution in [-0.4, -0.2) is 56.1 Å². The average Bonchev–Trinajstić information content (AvgIpc) is 3.24. The number of rotatable bonds is 8. The summed E-state index contributed by atoms with van der Waals surface area (Å²) in [5.74, 6) is -0.140. The van der Waals surface area contributed by atoms with Gasteiger partial charge in [-0.15, -0.1) is 0 Å². The van der Waals surface area contributed by atoms with E-state index in [1.807, 2.05) is 56.9 Å². The lowest BCUT2D eigenvalue weighted by molar-refractivity contribution is -0.160. The van der Waals surface area contributed by atoms with Crippen molar-refractivity contribution in [1.82, 2.24) is 14.5 Å². The number of anilines is 2. The van der Waals surface area contributed by atoms with Gasteiger partial charge >= 0.3 is 5.97 Å². The smallest absolute Gasteiger partial charge is 0.337 e. The Bertz CT molecular complexity index is 1560. The number of hydrogen-bond donors (Lipinski definition) is 2. The van der Waals surface area contributed by atoms with E-state index in [-0.39, 0.29) is 13.2 Å². The van der Waals surface area contributed by atoms with E-state index in [0.717, 1.165) is 39.0 Å². The van der Waals surface area contributed by atoms with Crippen LogP contribution in [0.15, 0.2) is 42.7 Å². The zero-order chi connectivity index (χ0) is 28.8. The SMILES string of the molecule is Cc1c([C@H](OC(C)(C)C)C(=O)O)c(-c2ccc(Cl)cc2)c2cc(C)n3c2c1N(c1ncc(OCCO)cn1)CC3. The Morgan fingerprint density at radius 3 is 2.40 bits per heavy atom. The molecule has 0 unspecified atom stereocenters. The molecule has 1 atom stereocenters. The molecule has 0 bridgehead atoms. The molecule has 0 fully saturated rings. The molecule has 210 valence electrons. The number of ether oxygens (including phenoxy) is 2. The number of carbonyl (C=O) groups is 1. The summed E-state index contributed by atoms with van der Waals surface area (Å²) < 4.78 is 13.9. The molecule has 0 radical (unpaired) electrons. The first kappa shape index (κ1) is 27.9. The molecule has 0 saturated carbocycles. The van der Waals surface area contributed by atoms with Crippen molar-refractivity contribution >= 4 is 40.1 Å². The molecular weight excluding hydrogens is 532 g/mol. The zero-order valence-electron chi connectivity index (χ0n) is 23.2. The minimum atomic E-state index is -1.23. The van der Waals surface area contributed by atoms with Gasteiger partial charge < -0.3 is 29.2 Å². The number of carboxylic acid groups (broad SMARTS) is 1. The highest BCUT2D eigenvalue weighted by atomic mass is 35.5. The number of hydrogen-bond acceptors (Lipinski definition) is 7. The van der Waals surface area contributed by atoms with Crippen LogP contribution in [0.3, 0.4) is 0 Å². The van der Waals surface area contributed by atoms with Crippen LogP contribution in [-0.2, 0) is 16.1 Å². The summed E-state index contributed by atoms with van der Waals surface area (Å²) in [5, 5.41) is 21.1. The fraction of sp³-hybridized carbons (Fsp3) is 0.367. The molecule has 2 aromatic heterocycles. The highest BCUT2D eigenvalue weighted by Crippen LogP contribution is 2.49. The van der Waals surface area contributed by atoms with Crippen LogP contribution in [0.1, 0.15) is 43.7 Å². The van der Waals surface area contributed by atoms with E-state index in [4.69, 9.17) is 26.2 Å². The van der Waals surface area contributed by atoms with Gasteiger partial charge in [-0.2, -0.15) is 0 Å². The fourth-order valence-electron chi connectivity index (χ4n) is 5.42. The molecule has 10 heteroatoms. The molecule has 1 aliphatic heterocycles. The van der Waals surface area contributed by atoms with Gasteiger partial charge in [0, 0.05) is 34.8 Å². The van der Waals surface area contributed by atoms with E-state index in [9.17, 15) is 9.90 Å². The number of halogens is 1. The molecule has 0 spiro atoms. The van der Waals surface area contributed by atoms with Crippen molar-refractivity contribution in [2.75, 3.05) is 24.7 Å². The number of aliphatic carboxylic acids is 1. The topological polar surface area (TPSA) is 110 Å². The third kappa shape index (κ3) is 5.12. The summed E-state index contributed by atoms with van der Waals surface area (Å²) in [6.45, 7) is 10.9. The minimum Gasteiger partial charge on any atom is -0.488 e. The van der Waals surface area contributed by atoms with Gasteiger partial charge in [0.2, 0.25) is 5.95 Å². The molecular formula is C30H33ClN4O5. The third-order valence-electron chi connectivity index (χ3n) is 6.95.